The van der Waals surface area contributed by atoms with Gasteiger partial charge < -0.3 is 14.8 Å². The number of benzene rings is 1. The molecule has 1 aliphatic carbocycles. The number of thiophene rings is 1. The van der Waals surface area contributed by atoms with Crippen LogP contribution < -0.4 is 15.4 Å². The fourth-order valence-corrected chi connectivity index (χ4v) is 6.57. The van der Waals surface area contributed by atoms with Gasteiger partial charge in [0.15, 0.2) is 5.82 Å². The maximum Gasteiger partial charge on any atom is 0.260 e. The van der Waals surface area contributed by atoms with Crippen LogP contribution in [0, 0.1) is 5.92 Å². The summed E-state index contributed by atoms with van der Waals surface area (Å²) < 4.78 is 0. The Labute approximate surface area is 181 Å². The molecule has 0 spiro atoms. The highest BCUT2D eigenvalue weighted by molar-refractivity contribution is 7.18. The van der Waals surface area contributed by atoms with E-state index in [1.165, 1.54) is 27.3 Å². The standard InChI is InChI=1S/C24H30N4OS/c1-16-8-9-19-20(14-16)30-24-21(19)23(29)25-22(26-24)17(2)28-12-10-27(11-13-28)15-18-6-4-3-5-7-18/h3-7,16-17H,8-15H2,1-2H3,(H,25,26,29)/p+2/t16-,17-/m0/s1. The number of hydrogen-bond donors (Lipinski definition) is 3. The summed E-state index contributed by atoms with van der Waals surface area (Å²) in [4.78, 5) is 26.6. The van der Waals surface area contributed by atoms with Crippen LogP contribution in [0.3, 0.4) is 0 Å². The SMILES string of the molecule is C[C@H]1CCc2c(sc3nc([C@H](C)[NH+]4CC[NH+](Cc5ccccc5)CC4)[nH]c(=O)c23)C1. The first kappa shape index (κ1) is 19.9. The van der Waals surface area contributed by atoms with Gasteiger partial charge in [-0.1, -0.05) is 37.3 Å². The fourth-order valence-electron chi connectivity index (χ4n) is 5.18. The molecule has 3 aromatic rings. The molecular weight excluding hydrogens is 392 g/mol. The van der Waals surface area contributed by atoms with E-state index in [0.29, 0.717) is 5.92 Å². The summed E-state index contributed by atoms with van der Waals surface area (Å²) in [7, 11) is 0. The van der Waals surface area contributed by atoms with E-state index in [9.17, 15) is 4.79 Å². The average Bonchev–Trinajstić information content (AvgIpc) is 3.12. The van der Waals surface area contributed by atoms with Crippen molar-refractivity contribution in [1.82, 2.24) is 9.97 Å². The van der Waals surface area contributed by atoms with Crippen LogP contribution >= 0.6 is 11.3 Å². The van der Waals surface area contributed by atoms with Gasteiger partial charge in [0, 0.05) is 10.4 Å². The fraction of sp³-hybridized carbons (Fsp3) is 0.500. The molecule has 0 amide bonds. The van der Waals surface area contributed by atoms with Gasteiger partial charge in [0.25, 0.3) is 5.56 Å². The van der Waals surface area contributed by atoms with E-state index in [4.69, 9.17) is 4.98 Å². The molecule has 1 fully saturated rings. The Morgan fingerprint density at radius 2 is 1.97 bits per heavy atom. The minimum absolute atomic E-state index is 0.0710. The molecule has 2 aliphatic rings. The van der Waals surface area contributed by atoms with E-state index in [2.05, 4.69) is 49.2 Å². The van der Waals surface area contributed by atoms with Crippen LogP contribution in [-0.4, -0.2) is 36.1 Å². The van der Waals surface area contributed by atoms with Gasteiger partial charge in [-0.25, -0.2) is 4.98 Å². The molecular formula is C24H32N4OS+2. The van der Waals surface area contributed by atoms with Gasteiger partial charge in [0.05, 0.1) is 5.39 Å². The van der Waals surface area contributed by atoms with Crippen LogP contribution in [-0.2, 0) is 19.4 Å². The van der Waals surface area contributed by atoms with Crippen molar-refractivity contribution in [2.75, 3.05) is 26.2 Å². The number of nitrogens with zero attached hydrogens (tertiary/aromatic N) is 1. The highest BCUT2D eigenvalue weighted by Crippen LogP contribution is 2.35. The first-order valence-corrected chi connectivity index (χ1v) is 12.2. The molecule has 0 bridgehead atoms. The minimum Gasteiger partial charge on any atom is -0.322 e. The van der Waals surface area contributed by atoms with Gasteiger partial charge in [-0.2, -0.15) is 0 Å². The lowest BCUT2D eigenvalue weighted by atomic mass is 9.89. The summed E-state index contributed by atoms with van der Waals surface area (Å²) in [5.74, 6) is 1.57. The van der Waals surface area contributed by atoms with Crippen molar-refractivity contribution in [3.05, 3.63) is 62.5 Å². The number of fused-ring (bicyclic) bond motifs is 3. The van der Waals surface area contributed by atoms with Crippen LogP contribution in [0.1, 0.15) is 48.1 Å². The lowest BCUT2D eigenvalue weighted by Crippen LogP contribution is -3.27. The number of aromatic nitrogens is 2. The topological polar surface area (TPSA) is 54.6 Å². The van der Waals surface area contributed by atoms with E-state index < -0.39 is 0 Å². The molecule has 3 heterocycles. The molecule has 3 N–H and O–H groups in total. The van der Waals surface area contributed by atoms with E-state index >= 15 is 0 Å². The number of H-pyrrole nitrogens is 1. The summed E-state index contributed by atoms with van der Waals surface area (Å²) in [6, 6.07) is 11.0. The van der Waals surface area contributed by atoms with Crippen molar-refractivity contribution in [2.24, 2.45) is 5.92 Å². The predicted octanol–water partition coefficient (Wildman–Crippen LogP) is 1.15. The second-order valence-corrected chi connectivity index (χ2v) is 10.4. The Kier molecular flexibility index (Phi) is 5.48. The lowest BCUT2D eigenvalue weighted by molar-refractivity contribution is -1.03. The van der Waals surface area contributed by atoms with Crippen molar-refractivity contribution in [1.29, 1.82) is 0 Å². The maximum atomic E-state index is 13.0. The third-order valence-corrected chi connectivity index (χ3v) is 8.25. The Hall–Kier alpha value is -2.02. The van der Waals surface area contributed by atoms with E-state index in [1.54, 1.807) is 16.2 Å². The van der Waals surface area contributed by atoms with Crippen LogP contribution in [0.15, 0.2) is 35.1 Å². The second-order valence-electron chi connectivity index (χ2n) is 9.28. The molecule has 5 nitrogen and oxygen atoms in total. The molecule has 30 heavy (non-hydrogen) atoms. The Bertz CT molecular complexity index is 1080. The number of piperazine rings is 1. The molecule has 0 saturated carbocycles. The molecule has 1 aromatic carbocycles. The number of nitrogens with one attached hydrogen (secondary N) is 3. The molecule has 6 heteroatoms. The smallest absolute Gasteiger partial charge is 0.260 e. The quantitative estimate of drug-likeness (QED) is 0.589. The predicted molar refractivity (Wildman–Crippen MR) is 121 cm³/mol. The highest BCUT2D eigenvalue weighted by Gasteiger charge is 2.30. The maximum absolute atomic E-state index is 13.0. The van der Waals surface area contributed by atoms with Crippen molar-refractivity contribution in [3.8, 4) is 0 Å². The number of hydrogen-bond acceptors (Lipinski definition) is 3. The normalized spacial score (nSPS) is 25.2. The molecule has 2 atom stereocenters. The Morgan fingerprint density at radius 1 is 1.20 bits per heavy atom. The molecule has 0 unspecified atom stereocenters. The zero-order valence-electron chi connectivity index (χ0n) is 18.0. The van der Waals surface area contributed by atoms with Crippen molar-refractivity contribution in [2.45, 2.75) is 45.7 Å². The van der Waals surface area contributed by atoms with Crippen LogP contribution in [0.2, 0.25) is 0 Å². The van der Waals surface area contributed by atoms with Gasteiger partial charge in [0.1, 0.15) is 43.6 Å². The van der Waals surface area contributed by atoms with Gasteiger partial charge in [-0.15, -0.1) is 11.3 Å². The number of quaternary nitrogens is 2. The first-order valence-electron chi connectivity index (χ1n) is 11.3. The molecule has 5 rings (SSSR count). The molecule has 1 aliphatic heterocycles. The zero-order valence-corrected chi connectivity index (χ0v) is 18.8. The van der Waals surface area contributed by atoms with E-state index in [1.807, 2.05) is 0 Å². The number of rotatable bonds is 4. The van der Waals surface area contributed by atoms with Crippen molar-refractivity contribution < 1.29 is 9.80 Å². The number of aryl methyl sites for hydroxylation is 1. The van der Waals surface area contributed by atoms with Gasteiger partial charge in [-0.3, -0.25) is 4.79 Å². The van der Waals surface area contributed by atoms with Crippen molar-refractivity contribution in [3.63, 3.8) is 0 Å². The summed E-state index contributed by atoms with van der Waals surface area (Å²) in [6.07, 6.45) is 3.29. The third kappa shape index (κ3) is 3.84. The highest BCUT2D eigenvalue weighted by atomic mass is 32.1. The molecule has 2 aromatic heterocycles. The van der Waals surface area contributed by atoms with E-state index in [-0.39, 0.29) is 11.6 Å². The first-order chi connectivity index (χ1) is 14.6. The van der Waals surface area contributed by atoms with Crippen LogP contribution in [0.5, 0.6) is 0 Å². The summed E-state index contributed by atoms with van der Waals surface area (Å²) in [5.41, 5.74) is 2.75. The summed E-state index contributed by atoms with van der Waals surface area (Å²) in [6.45, 7) is 10.2. The monoisotopic (exact) mass is 424 g/mol. The summed E-state index contributed by atoms with van der Waals surface area (Å²) >= 11 is 1.75. The van der Waals surface area contributed by atoms with E-state index in [0.717, 1.165) is 61.6 Å². The third-order valence-electron chi connectivity index (χ3n) is 7.10. The Morgan fingerprint density at radius 3 is 2.73 bits per heavy atom. The number of aromatic amines is 1. The largest absolute Gasteiger partial charge is 0.322 e. The Balaban J connectivity index is 1.30. The van der Waals surface area contributed by atoms with Gasteiger partial charge >= 0.3 is 0 Å². The van der Waals surface area contributed by atoms with Gasteiger partial charge in [-0.05, 0) is 37.7 Å². The second kappa shape index (κ2) is 8.25. The molecule has 158 valence electrons. The van der Waals surface area contributed by atoms with Crippen LogP contribution in [0.25, 0.3) is 10.2 Å². The minimum atomic E-state index is 0.0710. The average molecular weight is 425 g/mol. The molecule has 1 saturated heterocycles. The van der Waals surface area contributed by atoms with Gasteiger partial charge in [0.2, 0.25) is 0 Å². The molecule has 0 radical (unpaired) electrons. The zero-order chi connectivity index (χ0) is 20.7. The lowest BCUT2D eigenvalue weighted by Gasteiger charge is -2.32. The van der Waals surface area contributed by atoms with Crippen molar-refractivity contribution >= 4 is 21.6 Å². The summed E-state index contributed by atoms with van der Waals surface area (Å²) in [5, 5.41) is 0.866. The van der Waals surface area contributed by atoms with Crippen LogP contribution in [0.4, 0.5) is 0 Å².